The highest BCUT2D eigenvalue weighted by atomic mass is 16.4. The van der Waals surface area contributed by atoms with Gasteiger partial charge in [-0.05, 0) is 42.3 Å². The molecule has 0 aliphatic carbocycles. The van der Waals surface area contributed by atoms with Crippen molar-refractivity contribution < 1.29 is 24.6 Å². The Kier molecular flexibility index (Phi) is 7.28. The normalized spacial score (nSPS) is 12.6. The van der Waals surface area contributed by atoms with Crippen molar-refractivity contribution in [1.82, 2.24) is 30.2 Å². The third-order valence-corrected chi connectivity index (χ3v) is 6.48. The van der Waals surface area contributed by atoms with Gasteiger partial charge in [0.1, 0.15) is 6.04 Å². The molecule has 3 aromatic heterocycles. The van der Waals surface area contributed by atoms with E-state index in [0.717, 1.165) is 5.52 Å². The van der Waals surface area contributed by atoms with Gasteiger partial charge >= 0.3 is 11.9 Å². The first kappa shape index (κ1) is 26.8. The number of aromatic amines is 2. The summed E-state index contributed by atoms with van der Waals surface area (Å²) in [5.74, 6) is -4.44. The molecule has 0 bridgehead atoms. The fraction of sp³-hybridized carbons (Fsp3) is 0.148. The minimum atomic E-state index is -1.45. The van der Waals surface area contributed by atoms with Crippen LogP contribution in [0.4, 0.5) is 11.6 Å². The molecule has 14 heteroatoms. The number of anilines is 2. The molecule has 0 fully saturated rings. The van der Waals surface area contributed by atoms with Gasteiger partial charge < -0.3 is 31.6 Å². The SMILES string of the molecule is Nc1nc2ncc(CNc3ccc(C(=O)N[C@@H](CC(C(=O)O)c4c[nH]c5ccccc45)C(=O)O)cc3)nc2c(=O)[nH]1. The number of aromatic nitrogens is 5. The molecule has 2 aromatic carbocycles. The number of H-pyrrole nitrogens is 2. The Labute approximate surface area is 230 Å². The van der Waals surface area contributed by atoms with Crippen LogP contribution in [0.2, 0.25) is 0 Å². The van der Waals surface area contributed by atoms with Crippen molar-refractivity contribution >= 4 is 51.5 Å². The Morgan fingerprint density at radius 3 is 2.49 bits per heavy atom. The lowest BCUT2D eigenvalue weighted by Gasteiger charge is -2.19. The Hall–Kier alpha value is -5.79. The largest absolute Gasteiger partial charge is 0.481 e. The van der Waals surface area contributed by atoms with Crippen molar-refractivity contribution in [2.24, 2.45) is 0 Å². The second kappa shape index (κ2) is 11.1. The maximum atomic E-state index is 12.9. The maximum absolute atomic E-state index is 12.9. The number of nitrogen functional groups attached to an aromatic ring is 1. The number of carbonyl (C=O) groups excluding carboxylic acids is 1. The number of benzene rings is 2. The van der Waals surface area contributed by atoms with E-state index in [4.69, 9.17) is 5.73 Å². The van der Waals surface area contributed by atoms with Gasteiger partial charge in [-0.3, -0.25) is 19.4 Å². The third kappa shape index (κ3) is 5.80. The van der Waals surface area contributed by atoms with Crippen molar-refractivity contribution in [3.05, 3.63) is 88.1 Å². The van der Waals surface area contributed by atoms with E-state index >= 15 is 0 Å². The maximum Gasteiger partial charge on any atom is 0.326 e. The van der Waals surface area contributed by atoms with Gasteiger partial charge in [-0.25, -0.2) is 14.8 Å². The number of hydrogen-bond acceptors (Lipinski definition) is 9. The molecule has 5 rings (SSSR count). The number of aliphatic carboxylic acids is 2. The van der Waals surface area contributed by atoms with Crippen molar-refractivity contribution in [2.45, 2.75) is 24.9 Å². The number of carboxylic acid groups (broad SMARTS) is 2. The molecule has 1 unspecified atom stereocenters. The number of fused-ring (bicyclic) bond motifs is 2. The van der Waals surface area contributed by atoms with E-state index in [0.29, 0.717) is 22.3 Å². The monoisotopic (exact) mass is 556 g/mol. The molecule has 0 spiro atoms. The Morgan fingerprint density at radius 2 is 1.76 bits per heavy atom. The van der Waals surface area contributed by atoms with Crippen molar-refractivity contribution in [1.29, 1.82) is 0 Å². The van der Waals surface area contributed by atoms with Gasteiger partial charge in [-0.1, -0.05) is 18.2 Å². The number of nitrogens with one attached hydrogen (secondary N) is 4. The lowest BCUT2D eigenvalue weighted by molar-refractivity contribution is -0.141. The van der Waals surface area contributed by atoms with Crippen LogP contribution < -0.4 is 21.9 Å². The minimum Gasteiger partial charge on any atom is -0.481 e. The van der Waals surface area contributed by atoms with Crippen LogP contribution >= 0.6 is 0 Å². The number of para-hydroxylation sites is 1. The van der Waals surface area contributed by atoms with E-state index in [1.54, 1.807) is 42.6 Å². The summed E-state index contributed by atoms with van der Waals surface area (Å²) < 4.78 is 0. The van der Waals surface area contributed by atoms with E-state index in [2.05, 4.69) is 35.6 Å². The zero-order valence-electron chi connectivity index (χ0n) is 21.3. The lowest BCUT2D eigenvalue weighted by Crippen LogP contribution is -2.42. The molecular formula is C27H24N8O6. The molecule has 41 heavy (non-hydrogen) atoms. The highest BCUT2D eigenvalue weighted by Gasteiger charge is 2.31. The molecule has 14 nitrogen and oxygen atoms in total. The van der Waals surface area contributed by atoms with Gasteiger partial charge in [0.05, 0.1) is 24.4 Å². The molecule has 0 saturated carbocycles. The standard InChI is InChI=1S/C27H24N8O6/c28-27-34-22-21(24(37)35-27)32-15(11-31-22)10-29-14-7-5-13(6-8-14)23(36)33-20(26(40)41)9-17(25(38)39)18-12-30-19-4-2-1-3-16(18)19/h1-8,11-12,17,20,29-30H,9-10H2,(H,33,36)(H,38,39)(H,40,41)(H3,28,31,34,35,37)/t17?,20-/m0/s1. The second-order valence-electron chi connectivity index (χ2n) is 9.20. The molecule has 0 aliphatic rings. The molecule has 1 amide bonds. The first-order valence-electron chi connectivity index (χ1n) is 12.4. The molecule has 208 valence electrons. The summed E-state index contributed by atoms with van der Waals surface area (Å²) in [5.41, 5.74) is 7.60. The van der Waals surface area contributed by atoms with Crippen LogP contribution in [0.3, 0.4) is 0 Å². The third-order valence-electron chi connectivity index (χ3n) is 6.48. The summed E-state index contributed by atoms with van der Waals surface area (Å²) in [6.07, 6.45) is 2.65. The predicted molar refractivity (Wildman–Crippen MR) is 148 cm³/mol. The summed E-state index contributed by atoms with van der Waals surface area (Å²) >= 11 is 0. The van der Waals surface area contributed by atoms with E-state index in [9.17, 15) is 29.4 Å². The molecule has 0 aliphatic heterocycles. The van der Waals surface area contributed by atoms with Crippen LogP contribution in [0.1, 0.15) is 34.0 Å². The number of hydrogen-bond donors (Lipinski definition) is 7. The quantitative estimate of drug-likeness (QED) is 0.131. The zero-order chi connectivity index (χ0) is 29.1. The number of rotatable bonds is 10. The van der Waals surface area contributed by atoms with Crippen LogP contribution in [0.5, 0.6) is 0 Å². The Morgan fingerprint density at radius 1 is 1.00 bits per heavy atom. The number of nitrogens with two attached hydrogens (primary N) is 1. The van der Waals surface area contributed by atoms with Crippen molar-refractivity contribution in [3.63, 3.8) is 0 Å². The van der Waals surface area contributed by atoms with Crippen LogP contribution in [-0.4, -0.2) is 59.0 Å². The van der Waals surface area contributed by atoms with Crippen LogP contribution in [0.15, 0.2) is 65.7 Å². The topological polar surface area (TPSA) is 229 Å². The minimum absolute atomic E-state index is 0.0494. The van der Waals surface area contributed by atoms with Crippen LogP contribution in [-0.2, 0) is 16.1 Å². The van der Waals surface area contributed by atoms with Crippen LogP contribution in [0, 0.1) is 0 Å². The van der Waals surface area contributed by atoms with E-state index in [1.165, 1.54) is 18.3 Å². The smallest absolute Gasteiger partial charge is 0.326 e. The van der Waals surface area contributed by atoms with Crippen molar-refractivity contribution in [3.8, 4) is 0 Å². The van der Waals surface area contributed by atoms with E-state index in [-0.39, 0.29) is 35.6 Å². The Bertz CT molecular complexity index is 1830. The lowest BCUT2D eigenvalue weighted by atomic mass is 9.91. The van der Waals surface area contributed by atoms with Gasteiger partial charge in [0.15, 0.2) is 11.2 Å². The van der Waals surface area contributed by atoms with E-state index in [1.807, 2.05) is 0 Å². The summed E-state index contributed by atoms with van der Waals surface area (Å²) in [6, 6.07) is 11.9. The van der Waals surface area contributed by atoms with Crippen molar-refractivity contribution in [2.75, 3.05) is 11.1 Å². The molecule has 3 heterocycles. The highest BCUT2D eigenvalue weighted by Crippen LogP contribution is 2.29. The number of carbonyl (C=O) groups is 3. The van der Waals surface area contributed by atoms with Gasteiger partial charge in [-0.15, -0.1) is 0 Å². The molecule has 8 N–H and O–H groups in total. The van der Waals surface area contributed by atoms with Gasteiger partial charge in [-0.2, -0.15) is 4.98 Å². The van der Waals surface area contributed by atoms with Crippen LogP contribution in [0.25, 0.3) is 22.1 Å². The molecule has 2 atom stereocenters. The molecular weight excluding hydrogens is 532 g/mol. The summed E-state index contributed by atoms with van der Waals surface area (Å²) in [6.45, 7) is 0.212. The average Bonchev–Trinajstić information content (AvgIpc) is 3.38. The predicted octanol–water partition coefficient (Wildman–Crippen LogP) is 1.83. The molecule has 0 radical (unpaired) electrons. The second-order valence-corrected chi connectivity index (χ2v) is 9.20. The van der Waals surface area contributed by atoms with Gasteiger partial charge in [0.25, 0.3) is 11.5 Å². The van der Waals surface area contributed by atoms with Gasteiger partial charge in [0, 0.05) is 28.4 Å². The van der Waals surface area contributed by atoms with E-state index < -0.39 is 35.4 Å². The molecule has 5 aromatic rings. The Balaban J connectivity index is 1.25. The number of amides is 1. The number of carboxylic acids is 2. The summed E-state index contributed by atoms with van der Waals surface area (Å²) in [5, 5.41) is 25.8. The summed E-state index contributed by atoms with van der Waals surface area (Å²) in [7, 11) is 0. The first-order valence-corrected chi connectivity index (χ1v) is 12.4. The van der Waals surface area contributed by atoms with Gasteiger partial charge in [0.2, 0.25) is 5.95 Å². The molecule has 0 saturated heterocycles. The number of nitrogens with zero attached hydrogens (tertiary/aromatic N) is 3. The fourth-order valence-corrected chi connectivity index (χ4v) is 4.43. The average molecular weight is 557 g/mol. The summed E-state index contributed by atoms with van der Waals surface area (Å²) in [4.78, 5) is 66.6. The highest BCUT2D eigenvalue weighted by molar-refractivity contribution is 5.97. The zero-order valence-corrected chi connectivity index (χ0v) is 21.3. The first-order chi connectivity index (χ1) is 19.7. The fourth-order valence-electron chi connectivity index (χ4n) is 4.43.